The van der Waals surface area contributed by atoms with Gasteiger partial charge in [0.2, 0.25) is 5.95 Å². The molecule has 11 heteroatoms. The smallest absolute Gasteiger partial charge is 0.273 e. The lowest BCUT2D eigenvalue weighted by atomic mass is 10.2. The first-order chi connectivity index (χ1) is 14.5. The Morgan fingerprint density at radius 1 is 1.23 bits per heavy atom. The maximum absolute atomic E-state index is 12.1. The number of carbonyl (C=O) groups is 1. The first kappa shape index (κ1) is 20.8. The zero-order valence-electron chi connectivity index (χ0n) is 15.8. The topological polar surface area (TPSA) is 131 Å². The number of benzene rings is 2. The van der Waals surface area contributed by atoms with E-state index in [9.17, 15) is 14.9 Å². The fraction of sp³-hybridized carbons (Fsp3) is 0.105. The first-order valence-electron chi connectivity index (χ1n) is 8.67. The number of aromatic nitrogens is 2. The Morgan fingerprint density at radius 3 is 2.70 bits per heavy atom. The molecule has 0 aliphatic carbocycles. The number of nitro benzene ring substituents is 1. The number of carbonyl (C=O) groups excluding carboxylic acids is 1. The summed E-state index contributed by atoms with van der Waals surface area (Å²) >= 11 is 6.12. The summed E-state index contributed by atoms with van der Waals surface area (Å²) in [5.74, 6) is 0.487. The van der Waals surface area contributed by atoms with E-state index < -0.39 is 4.92 Å². The van der Waals surface area contributed by atoms with Crippen LogP contribution in [0.25, 0.3) is 0 Å². The maximum Gasteiger partial charge on any atom is 0.273 e. The van der Waals surface area contributed by atoms with E-state index in [-0.39, 0.29) is 35.0 Å². The number of hydrogen-bond donors (Lipinski definition) is 3. The molecule has 0 spiro atoms. The minimum absolute atomic E-state index is 0.0880. The molecule has 0 atom stereocenters. The van der Waals surface area contributed by atoms with Crippen molar-refractivity contribution >= 4 is 40.6 Å². The van der Waals surface area contributed by atoms with Gasteiger partial charge in [-0.1, -0.05) is 29.8 Å². The molecule has 0 fully saturated rings. The van der Waals surface area contributed by atoms with Crippen molar-refractivity contribution in [2.24, 2.45) is 0 Å². The number of anilines is 3. The summed E-state index contributed by atoms with van der Waals surface area (Å²) in [5.41, 5.74) is 0.861. The number of nitrogens with zero attached hydrogens (tertiary/aromatic N) is 3. The van der Waals surface area contributed by atoms with Crippen LogP contribution >= 0.6 is 11.6 Å². The van der Waals surface area contributed by atoms with Gasteiger partial charge >= 0.3 is 0 Å². The highest BCUT2D eigenvalue weighted by molar-refractivity contribution is 6.32. The molecule has 2 aromatic carbocycles. The Labute approximate surface area is 176 Å². The highest BCUT2D eigenvalue weighted by atomic mass is 35.5. The Balaban J connectivity index is 1.68. The number of methoxy groups -OCH3 is 1. The zero-order valence-corrected chi connectivity index (χ0v) is 16.5. The van der Waals surface area contributed by atoms with Crippen LogP contribution in [0, 0.1) is 10.1 Å². The van der Waals surface area contributed by atoms with Crippen molar-refractivity contribution in [3.05, 3.63) is 75.4 Å². The molecule has 3 aromatic rings. The van der Waals surface area contributed by atoms with E-state index in [2.05, 4.69) is 25.9 Å². The van der Waals surface area contributed by atoms with E-state index in [1.807, 2.05) is 6.07 Å². The van der Waals surface area contributed by atoms with Crippen molar-refractivity contribution in [2.75, 3.05) is 24.4 Å². The van der Waals surface area contributed by atoms with Crippen molar-refractivity contribution in [3.63, 3.8) is 0 Å². The number of halogens is 1. The van der Waals surface area contributed by atoms with Crippen LogP contribution in [0.2, 0.25) is 5.02 Å². The molecule has 0 aliphatic heterocycles. The summed E-state index contributed by atoms with van der Waals surface area (Å²) in [6.07, 6.45) is 1.39. The third-order valence-electron chi connectivity index (χ3n) is 3.93. The van der Waals surface area contributed by atoms with Gasteiger partial charge in [-0.25, -0.2) is 4.98 Å². The lowest BCUT2D eigenvalue weighted by Crippen LogP contribution is -2.29. The Bertz CT molecular complexity index is 1060. The lowest BCUT2D eigenvalue weighted by molar-refractivity contribution is -0.384. The second-order valence-electron chi connectivity index (χ2n) is 5.88. The normalized spacial score (nSPS) is 10.2. The molecule has 3 N–H and O–H groups in total. The molecule has 0 unspecified atom stereocenters. The van der Waals surface area contributed by atoms with Crippen LogP contribution in [0.4, 0.5) is 23.1 Å². The SMILES string of the molecule is COc1cc([N+](=O)[O-])ccc1Nc1ncc(Cl)c(NCNC(=O)c2ccccc2)n1. The fourth-order valence-electron chi connectivity index (χ4n) is 2.47. The molecular weight excluding hydrogens is 412 g/mol. The van der Waals surface area contributed by atoms with Crippen LogP contribution in [0.3, 0.4) is 0 Å². The monoisotopic (exact) mass is 428 g/mol. The molecule has 1 amide bonds. The van der Waals surface area contributed by atoms with Gasteiger partial charge in [-0.3, -0.25) is 14.9 Å². The summed E-state index contributed by atoms with van der Waals surface area (Å²) in [4.78, 5) is 30.8. The second kappa shape index (κ2) is 9.52. The quantitative estimate of drug-likeness (QED) is 0.282. The largest absolute Gasteiger partial charge is 0.494 e. The third kappa shape index (κ3) is 5.11. The average molecular weight is 429 g/mol. The molecule has 3 rings (SSSR count). The molecule has 0 radical (unpaired) electrons. The number of amides is 1. The van der Waals surface area contributed by atoms with E-state index in [0.29, 0.717) is 17.1 Å². The molecule has 0 aliphatic rings. The summed E-state index contributed by atoms with van der Waals surface area (Å²) < 4.78 is 5.18. The zero-order chi connectivity index (χ0) is 21.5. The van der Waals surface area contributed by atoms with E-state index in [1.54, 1.807) is 24.3 Å². The van der Waals surface area contributed by atoms with Crippen LogP contribution in [0.1, 0.15) is 10.4 Å². The van der Waals surface area contributed by atoms with Crippen molar-refractivity contribution in [1.82, 2.24) is 15.3 Å². The standard InChI is InChI=1S/C19H17ClN6O4/c1-30-16-9-13(26(28)29)7-8-15(16)24-19-21-10-14(20)17(25-19)22-11-23-18(27)12-5-3-2-4-6-12/h2-10H,11H2,1H3,(H,23,27)(H2,21,22,24,25). The minimum Gasteiger partial charge on any atom is -0.494 e. The number of nitrogens with one attached hydrogen (secondary N) is 3. The average Bonchev–Trinajstić information content (AvgIpc) is 2.76. The summed E-state index contributed by atoms with van der Waals surface area (Å²) in [7, 11) is 1.40. The summed E-state index contributed by atoms with van der Waals surface area (Å²) in [6, 6.07) is 12.9. The highest BCUT2D eigenvalue weighted by Crippen LogP contribution is 2.31. The maximum atomic E-state index is 12.1. The summed E-state index contributed by atoms with van der Waals surface area (Å²) in [5, 5.41) is 19.7. The Morgan fingerprint density at radius 2 is 2.00 bits per heavy atom. The molecule has 0 saturated heterocycles. The second-order valence-corrected chi connectivity index (χ2v) is 6.29. The number of rotatable bonds is 8. The van der Waals surface area contributed by atoms with Crippen LogP contribution in [-0.4, -0.2) is 34.6 Å². The molecule has 10 nitrogen and oxygen atoms in total. The number of non-ortho nitro benzene ring substituents is 1. The van der Waals surface area contributed by atoms with Gasteiger partial charge in [0.15, 0.2) is 5.82 Å². The van der Waals surface area contributed by atoms with E-state index >= 15 is 0 Å². The van der Waals surface area contributed by atoms with Crippen LogP contribution in [0.5, 0.6) is 5.75 Å². The van der Waals surface area contributed by atoms with Crippen molar-refractivity contribution in [1.29, 1.82) is 0 Å². The number of ether oxygens (including phenoxy) is 1. The van der Waals surface area contributed by atoms with Gasteiger partial charge in [0.05, 0.1) is 36.7 Å². The molecule has 1 heterocycles. The van der Waals surface area contributed by atoms with E-state index in [4.69, 9.17) is 16.3 Å². The van der Waals surface area contributed by atoms with Gasteiger partial charge in [0.1, 0.15) is 10.8 Å². The van der Waals surface area contributed by atoms with Crippen molar-refractivity contribution < 1.29 is 14.5 Å². The van der Waals surface area contributed by atoms with E-state index in [1.165, 1.54) is 31.5 Å². The van der Waals surface area contributed by atoms with Gasteiger partial charge < -0.3 is 20.7 Å². The molecule has 0 saturated carbocycles. The Kier molecular flexibility index (Phi) is 6.60. The van der Waals surface area contributed by atoms with E-state index in [0.717, 1.165) is 0 Å². The van der Waals surface area contributed by atoms with Crippen molar-refractivity contribution in [3.8, 4) is 5.75 Å². The van der Waals surface area contributed by atoms with Crippen LogP contribution in [-0.2, 0) is 0 Å². The van der Waals surface area contributed by atoms with Gasteiger partial charge in [-0.2, -0.15) is 4.98 Å². The predicted molar refractivity (Wildman–Crippen MR) is 112 cm³/mol. The fourth-order valence-corrected chi connectivity index (χ4v) is 2.63. The minimum atomic E-state index is -0.517. The van der Waals surface area contributed by atoms with Crippen LogP contribution in [0.15, 0.2) is 54.7 Å². The number of hydrogen-bond acceptors (Lipinski definition) is 8. The molecule has 154 valence electrons. The number of nitro groups is 1. The van der Waals surface area contributed by atoms with Crippen LogP contribution < -0.4 is 20.7 Å². The molecule has 0 bridgehead atoms. The summed E-state index contributed by atoms with van der Waals surface area (Å²) in [6.45, 7) is 0.0880. The van der Waals surface area contributed by atoms with Gasteiger partial charge in [-0.05, 0) is 18.2 Å². The van der Waals surface area contributed by atoms with Gasteiger partial charge in [0, 0.05) is 11.6 Å². The van der Waals surface area contributed by atoms with Gasteiger partial charge in [0.25, 0.3) is 11.6 Å². The van der Waals surface area contributed by atoms with Gasteiger partial charge in [-0.15, -0.1) is 0 Å². The third-order valence-corrected chi connectivity index (χ3v) is 4.20. The molecule has 30 heavy (non-hydrogen) atoms. The van der Waals surface area contributed by atoms with Crippen molar-refractivity contribution in [2.45, 2.75) is 0 Å². The Hall–Kier alpha value is -3.92. The first-order valence-corrected chi connectivity index (χ1v) is 9.05. The predicted octanol–water partition coefficient (Wildman–Crippen LogP) is 3.59. The highest BCUT2D eigenvalue weighted by Gasteiger charge is 2.13. The molecule has 1 aromatic heterocycles. The molecular formula is C19H17ClN6O4. The lowest BCUT2D eigenvalue weighted by Gasteiger charge is -2.12.